The van der Waals surface area contributed by atoms with Crippen molar-refractivity contribution < 1.29 is 0 Å². The van der Waals surface area contributed by atoms with Crippen LogP contribution in [0.2, 0.25) is 0 Å². The molecule has 0 aliphatic carbocycles. The van der Waals surface area contributed by atoms with E-state index in [1.807, 2.05) is 33.0 Å². The zero-order valence-corrected chi connectivity index (χ0v) is 8.59. The van der Waals surface area contributed by atoms with Crippen molar-refractivity contribution >= 4 is 5.71 Å². The van der Waals surface area contributed by atoms with Crippen molar-refractivity contribution in [2.75, 3.05) is 20.6 Å². The molecule has 2 heteroatoms. The van der Waals surface area contributed by atoms with Crippen LogP contribution >= 0.6 is 0 Å². The summed E-state index contributed by atoms with van der Waals surface area (Å²) in [5.41, 5.74) is 1.03. The van der Waals surface area contributed by atoms with Gasteiger partial charge in [-0.15, -0.1) is 0 Å². The largest absolute Gasteiger partial charge is 0.314 e. The Morgan fingerprint density at radius 3 is 2.42 bits per heavy atom. The number of nitrogens with zero attached hydrogens (tertiary/aromatic N) is 1. The summed E-state index contributed by atoms with van der Waals surface area (Å²) in [6.07, 6.45) is 5.55. The van der Waals surface area contributed by atoms with Gasteiger partial charge in [0.1, 0.15) is 0 Å². The van der Waals surface area contributed by atoms with Gasteiger partial charge in [-0.05, 0) is 13.1 Å². The molecule has 0 rings (SSSR count). The molecule has 1 N–H and O–H groups in total. The smallest absolute Gasteiger partial charge is 0.0482 e. The SMILES string of the molecule is C=C/C=C\C(CNC)=NC.CC. The van der Waals surface area contributed by atoms with E-state index in [0.717, 1.165) is 12.3 Å². The van der Waals surface area contributed by atoms with E-state index in [-0.39, 0.29) is 0 Å². The lowest BCUT2D eigenvalue weighted by Crippen LogP contribution is -2.16. The summed E-state index contributed by atoms with van der Waals surface area (Å²) >= 11 is 0. The lowest BCUT2D eigenvalue weighted by atomic mass is 10.3. The van der Waals surface area contributed by atoms with Gasteiger partial charge in [0, 0.05) is 19.3 Å². The second-order valence-corrected chi connectivity index (χ2v) is 1.84. The molecule has 12 heavy (non-hydrogen) atoms. The second kappa shape index (κ2) is 12.8. The molecule has 0 aromatic heterocycles. The van der Waals surface area contributed by atoms with E-state index in [1.54, 1.807) is 13.1 Å². The normalized spacial score (nSPS) is 10.8. The highest BCUT2D eigenvalue weighted by atomic mass is 14.8. The van der Waals surface area contributed by atoms with E-state index in [1.165, 1.54) is 0 Å². The van der Waals surface area contributed by atoms with Gasteiger partial charge in [-0.1, -0.05) is 32.6 Å². The molecule has 0 amide bonds. The fraction of sp³-hybridized carbons (Fsp3) is 0.500. The van der Waals surface area contributed by atoms with Crippen molar-refractivity contribution in [3.05, 3.63) is 24.8 Å². The summed E-state index contributed by atoms with van der Waals surface area (Å²) in [6, 6.07) is 0. The summed E-state index contributed by atoms with van der Waals surface area (Å²) in [5.74, 6) is 0. The Morgan fingerprint density at radius 1 is 1.50 bits per heavy atom. The van der Waals surface area contributed by atoms with Crippen molar-refractivity contribution in [1.82, 2.24) is 5.32 Å². The van der Waals surface area contributed by atoms with Crippen LogP contribution in [0.15, 0.2) is 29.8 Å². The van der Waals surface area contributed by atoms with Gasteiger partial charge >= 0.3 is 0 Å². The van der Waals surface area contributed by atoms with Crippen LogP contribution in [0.4, 0.5) is 0 Å². The van der Waals surface area contributed by atoms with Crippen LogP contribution in [0, 0.1) is 0 Å². The average molecular weight is 168 g/mol. The van der Waals surface area contributed by atoms with Gasteiger partial charge in [0.05, 0.1) is 0 Å². The van der Waals surface area contributed by atoms with Crippen LogP contribution < -0.4 is 5.32 Å². The Labute approximate surface area is 76.1 Å². The standard InChI is InChI=1S/C8H14N2.C2H6/c1-4-5-6-8(10-3)7-9-2;1-2/h4-6,9H,1,7H2,2-3H3;1-2H3/b6-5-,10-8?;. The molecule has 0 spiro atoms. The number of aliphatic imine (C=N–C) groups is 1. The molecule has 0 unspecified atom stereocenters. The molecule has 0 heterocycles. The zero-order valence-electron chi connectivity index (χ0n) is 8.59. The van der Waals surface area contributed by atoms with Crippen molar-refractivity contribution in [3.63, 3.8) is 0 Å². The predicted octanol–water partition coefficient (Wildman–Crippen LogP) is 2.04. The second-order valence-electron chi connectivity index (χ2n) is 1.84. The molecule has 0 aromatic carbocycles. The van der Waals surface area contributed by atoms with Gasteiger partial charge in [0.15, 0.2) is 0 Å². The van der Waals surface area contributed by atoms with Crippen LogP contribution in [0.5, 0.6) is 0 Å². The maximum absolute atomic E-state index is 4.03. The first-order valence-corrected chi connectivity index (χ1v) is 4.24. The first-order valence-electron chi connectivity index (χ1n) is 4.24. The summed E-state index contributed by atoms with van der Waals surface area (Å²) in [6.45, 7) is 8.37. The predicted molar refractivity (Wildman–Crippen MR) is 58.0 cm³/mol. The molecular formula is C10H20N2. The summed E-state index contributed by atoms with van der Waals surface area (Å²) in [5, 5.41) is 3.01. The Hall–Kier alpha value is -0.890. The quantitative estimate of drug-likeness (QED) is 0.504. The Balaban J connectivity index is 0. The molecule has 0 radical (unpaired) electrons. The molecule has 0 bridgehead atoms. The van der Waals surface area contributed by atoms with Crippen LogP contribution in [0.1, 0.15) is 13.8 Å². The third kappa shape index (κ3) is 9.11. The number of hydrogen-bond donors (Lipinski definition) is 1. The zero-order chi connectivity index (χ0) is 9.82. The van der Waals surface area contributed by atoms with Crippen molar-refractivity contribution in [2.24, 2.45) is 4.99 Å². The Kier molecular flexibility index (Phi) is 14.5. The number of rotatable bonds is 4. The van der Waals surface area contributed by atoms with Crippen molar-refractivity contribution in [1.29, 1.82) is 0 Å². The first-order chi connectivity index (χ1) is 5.85. The molecular weight excluding hydrogens is 148 g/mol. The molecule has 70 valence electrons. The van der Waals surface area contributed by atoms with Crippen LogP contribution in [0.3, 0.4) is 0 Å². The van der Waals surface area contributed by atoms with E-state index in [2.05, 4.69) is 16.9 Å². The highest BCUT2D eigenvalue weighted by molar-refractivity contribution is 5.96. The maximum Gasteiger partial charge on any atom is 0.0482 e. The topological polar surface area (TPSA) is 24.4 Å². The van der Waals surface area contributed by atoms with Gasteiger partial charge in [-0.25, -0.2) is 0 Å². The summed E-state index contributed by atoms with van der Waals surface area (Å²) < 4.78 is 0. The van der Waals surface area contributed by atoms with E-state index in [9.17, 15) is 0 Å². The summed E-state index contributed by atoms with van der Waals surface area (Å²) in [7, 11) is 3.67. The van der Waals surface area contributed by atoms with Crippen LogP contribution in [-0.4, -0.2) is 26.4 Å². The molecule has 0 atom stereocenters. The number of nitrogens with one attached hydrogen (secondary N) is 1. The number of allylic oxidation sites excluding steroid dienone is 2. The third-order valence-corrected chi connectivity index (χ3v) is 1.07. The van der Waals surface area contributed by atoms with Gasteiger partial charge in [0.25, 0.3) is 0 Å². The molecule has 0 saturated heterocycles. The van der Waals surface area contributed by atoms with Gasteiger partial charge in [-0.3, -0.25) is 4.99 Å². The van der Waals surface area contributed by atoms with E-state index < -0.39 is 0 Å². The summed E-state index contributed by atoms with van der Waals surface area (Å²) in [4.78, 5) is 4.03. The minimum Gasteiger partial charge on any atom is -0.314 e. The van der Waals surface area contributed by atoms with E-state index in [0.29, 0.717) is 0 Å². The third-order valence-electron chi connectivity index (χ3n) is 1.07. The number of hydrogen-bond acceptors (Lipinski definition) is 2. The Morgan fingerprint density at radius 2 is 2.08 bits per heavy atom. The van der Waals surface area contributed by atoms with Crippen LogP contribution in [-0.2, 0) is 0 Å². The van der Waals surface area contributed by atoms with Gasteiger partial charge < -0.3 is 5.32 Å². The average Bonchev–Trinajstić information content (AvgIpc) is 2.15. The molecule has 0 saturated carbocycles. The highest BCUT2D eigenvalue weighted by Crippen LogP contribution is 1.79. The molecule has 0 aliphatic heterocycles. The van der Waals surface area contributed by atoms with Crippen molar-refractivity contribution in [3.8, 4) is 0 Å². The lowest BCUT2D eigenvalue weighted by molar-refractivity contribution is 0.946. The maximum atomic E-state index is 4.03. The highest BCUT2D eigenvalue weighted by Gasteiger charge is 1.86. The first kappa shape index (κ1) is 13.7. The van der Waals surface area contributed by atoms with Gasteiger partial charge in [-0.2, -0.15) is 0 Å². The van der Waals surface area contributed by atoms with Gasteiger partial charge in [0.2, 0.25) is 0 Å². The van der Waals surface area contributed by atoms with E-state index >= 15 is 0 Å². The minimum atomic E-state index is 0.806. The van der Waals surface area contributed by atoms with Crippen molar-refractivity contribution in [2.45, 2.75) is 13.8 Å². The lowest BCUT2D eigenvalue weighted by Gasteiger charge is -1.95. The monoisotopic (exact) mass is 168 g/mol. The van der Waals surface area contributed by atoms with E-state index in [4.69, 9.17) is 0 Å². The minimum absolute atomic E-state index is 0.806. The fourth-order valence-corrected chi connectivity index (χ4v) is 0.573. The molecule has 0 fully saturated rings. The van der Waals surface area contributed by atoms with Crippen LogP contribution in [0.25, 0.3) is 0 Å². The fourth-order valence-electron chi connectivity index (χ4n) is 0.573. The Bertz CT molecular complexity index is 146. The molecule has 2 nitrogen and oxygen atoms in total. The molecule has 0 aliphatic rings. The molecule has 0 aromatic rings.